The van der Waals surface area contributed by atoms with Crippen molar-refractivity contribution in [2.24, 2.45) is 5.92 Å². The van der Waals surface area contributed by atoms with Crippen molar-refractivity contribution in [2.75, 3.05) is 19.7 Å². The van der Waals surface area contributed by atoms with E-state index in [0.717, 1.165) is 31.0 Å². The molecule has 1 N–H and O–H groups in total. The van der Waals surface area contributed by atoms with Crippen LogP contribution in [0.4, 0.5) is 0 Å². The van der Waals surface area contributed by atoms with Gasteiger partial charge in [-0.2, -0.15) is 0 Å². The van der Waals surface area contributed by atoms with Crippen LogP contribution >= 0.6 is 11.3 Å². The van der Waals surface area contributed by atoms with Crippen LogP contribution < -0.4 is 10.1 Å². The highest BCUT2D eigenvalue weighted by molar-refractivity contribution is 7.16. The van der Waals surface area contributed by atoms with E-state index >= 15 is 0 Å². The summed E-state index contributed by atoms with van der Waals surface area (Å²) in [7, 11) is 0. The maximum absolute atomic E-state index is 5.79. The number of nitrogens with one attached hydrogen (secondary N) is 1. The molecule has 0 spiro atoms. The van der Waals surface area contributed by atoms with Gasteiger partial charge < -0.3 is 10.1 Å². The number of hydrogen-bond acceptors (Lipinski definition) is 4. The first-order chi connectivity index (χ1) is 7.92. The zero-order chi connectivity index (χ0) is 10.8. The third-order valence-electron chi connectivity index (χ3n) is 2.95. The smallest absolute Gasteiger partial charge is 0.121 e. The lowest BCUT2D eigenvalue weighted by Gasteiger charge is -2.10. The van der Waals surface area contributed by atoms with Gasteiger partial charge in [-0.25, -0.2) is 4.98 Å². The van der Waals surface area contributed by atoms with Gasteiger partial charge in [0.1, 0.15) is 5.75 Å². The summed E-state index contributed by atoms with van der Waals surface area (Å²) in [4.78, 5) is 4.29. The van der Waals surface area contributed by atoms with Crippen LogP contribution in [0.25, 0.3) is 10.2 Å². The third-order valence-corrected chi connectivity index (χ3v) is 3.76. The number of thiazole rings is 1. The molecule has 3 rings (SSSR count). The molecule has 16 heavy (non-hydrogen) atoms. The molecule has 0 aliphatic carbocycles. The first-order valence-electron chi connectivity index (χ1n) is 5.58. The van der Waals surface area contributed by atoms with Gasteiger partial charge in [-0.15, -0.1) is 11.3 Å². The minimum atomic E-state index is 0.658. The molecule has 1 aliphatic rings. The summed E-state index contributed by atoms with van der Waals surface area (Å²) in [6.45, 7) is 3.01. The average Bonchev–Trinajstić information content (AvgIpc) is 2.97. The van der Waals surface area contributed by atoms with Crippen LogP contribution in [0.1, 0.15) is 6.42 Å². The lowest BCUT2D eigenvalue weighted by molar-refractivity contribution is 0.260. The van der Waals surface area contributed by atoms with E-state index in [-0.39, 0.29) is 0 Å². The van der Waals surface area contributed by atoms with Crippen molar-refractivity contribution < 1.29 is 4.74 Å². The van der Waals surface area contributed by atoms with E-state index in [2.05, 4.69) is 16.4 Å². The van der Waals surface area contributed by atoms with Crippen molar-refractivity contribution in [2.45, 2.75) is 6.42 Å². The van der Waals surface area contributed by atoms with Crippen molar-refractivity contribution in [3.63, 3.8) is 0 Å². The van der Waals surface area contributed by atoms with Gasteiger partial charge in [-0.05, 0) is 25.1 Å². The molecule has 1 unspecified atom stereocenters. The Bertz CT molecular complexity index is 477. The summed E-state index contributed by atoms with van der Waals surface area (Å²) in [6.07, 6.45) is 1.22. The molecular formula is C12H14N2OS. The second kappa shape index (κ2) is 4.39. The molecule has 0 radical (unpaired) electrons. The molecule has 1 aliphatic heterocycles. The number of aromatic nitrogens is 1. The van der Waals surface area contributed by atoms with Crippen LogP contribution in [0, 0.1) is 5.92 Å². The molecule has 1 aromatic heterocycles. The van der Waals surface area contributed by atoms with E-state index in [1.165, 1.54) is 11.1 Å². The Hall–Kier alpha value is -1.13. The highest BCUT2D eigenvalue weighted by Crippen LogP contribution is 2.23. The summed E-state index contributed by atoms with van der Waals surface area (Å²) in [6, 6.07) is 6.13. The normalized spacial score (nSPS) is 20.4. The Morgan fingerprint density at radius 3 is 3.38 bits per heavy atom. The highest BCUT2D eigenvalue weighted by Gasteiger charge is 2.14. The molecule has 3 nitrogen and oxygen atoms in total. The maximum Gasteiger partial charge on any atom is 0.121 e. The van der Waals surface area contributed by atoms with Gasteiger partial charge in [0.05, 0.1) is 22.3 Å². The van der Waals surface area contributed by atoms with E-state index in [9.17, 15) is 0 Å². The van der Waals surface area contributed by atoms with Crippen LogP contribution in [0.2, 0.25) is 0 Å². The van der Waals surface area contributed by atoms with E-state index in [1.54, 1.807) is 11.3 Å². The van der Waals surface area contributed by atoms with Gasteiger partial charge in [0.2, 0.25) is 0 Å². The van der Waals surface area contributed by atoms with E-state index in [4.69, 9.17) is 4.74 Å². The molecule has 2 heterocycles. The fourth-order valence-electron chi connectivity index (χ4n) is 2.00. The molecular weight excluding hydrogens is 220 g/mol. The summed E-state index contributed by atoms with van der Waals surface area (Å²) in [5.41, 5.74) is 2.90. The van der Waals surface area contributed by atoms with Crippen molar-refractivity contribution >= 4 is 21.6 Å². The molecule has 1 aromatic carbocycles. The van der Waals surface area contributed by atoms with Gasteiger partial charge in [0, 0.05) is 18.5 Å². The van der Waals surface area contributed by atoms with E-state index < -0.39 is 0 Å². The van der Waals surface area contributed by atoms with Crippen LogP contribution in [-0.2, 0) is 0 Å². The fourth-order valence-corrected chi connectivity index (χ4v) is 2.66. The molecule has 1 fully saturated rings. The largest absolute Gasteiger partial charge is 0.493 e. The molecule has 0 bridgehead atoms. The van der Waals surface area contributed by atoms with Gasteiger partial charge in [-0.3, -0.25) is 0 Å². The predicted molar refractivity (Wildman–Crippen MR) is 66.1 cm³/mol. The minimum absolute atomic E-state index is 0.658. The summed E-state index contributed by atoms with van der Waals surface area (Å²) >= 11 is 1.66. The van der Waals surface area contributed by atoms with E-state index in [1.807, 2.05) is 17.6 Å². The van der Waals surface area contributed by atoms with Crippen molar-refractivity contribution in [1.29, 1.82) is 0 Å². The number of hydrogen-bond donors (Lipinski definition) is 1. The van der Waals surface area contributed by atoms with Gasteiger partial charge in [0.15, 0.2) is 0 Å². The number of benzene rings is 1. The number of fused-ring (bicyclic) bond motifs is 1. The second-order valence-corrected chi connectivity index (χ2v) is 5.04. The molecule has 0 saturated carbocycles. The Morgan fingerprint density at radius 1 is 1.50 bits per heavy atom. The average molecular weight is 234 g/mol. The molecule has 0 amide bonds. The summed E-state index contributed by atoms with van der Waals surface area (Å²) in [5.74, 6) is 1.59. The third kappa shape index (κ3) is 2.03. The van der Waals surface area contributed by atoms with Crippen molar-refractivity contribution in [3.05, 3.63) is 23.7 Å². The maximum atomic E-state index is 5.79. The summed E-state index contributed by atoms with van der Waals surface area (Å²) < 4.78 is 7.01. The summed E-state index contributed by atoms with van der Waals surface area (Å²) in [5, 5.41) is 3.34. The number of nitrogens with zero attached hydrogens (tertiary/aromatic N) is 1. The standard InChI is InChI=1S/C12H14N2OS/c1-2-12-11(14-8-16-12)5-10(1)15-7-9-3-4-13-6-9/h1-2,5,8-9,13H,3-4,6-7H2. The zero-order valence-electron chi connectivity index (χ0n) is 8.98. The van der Waals surface area contributed by atoms with Gasteiger partial charge >= 0.3 is 0 Å². The lowest BCUT2D eigenvalue weighted by atomic mass is 10.1. The SMILES string of the molecule is c1nc2cc(OCC3CCNC3)ccc2s1. The second-order valence-electron chi connectivity index (χ2n) is 4.15. The highest BCUT2D eigenvalue weighted by atomic mass is 32.1. The fraction of sp³-hybridized carbons (Fsp3) is 0.417. The minimum Gasteiger partial charge on any atom is -0.493 e. The van der Waals surface area contributed by atoms with Crippen LogP contribution in [0.15, 0.2) is 23.7 Å². The van der Waals surface area contributed by atoms with Crippen molar-refractivity contribution in [3.8, 4) is 5.75 Å². The van der Waals surface area contributed by atoms with Crippen LogP contribution in [0.5, 0.6) is 5.75 Å². The van der Waals surface area contributed by atoms with Gasteiger partial charge in [0.25, 0.3) is 0 Å². The quantitative estimate of drug-likeness (QED) is 0.884. The van der Waals surface area contributed by atoms with E-state index in [0.29, 0.717) is 5.92 Å². The van der Waals surface area contributed by atoms with Crippen LogP contribution in [0.3, 0.4) is 0 Å². The van der Waals surface area contributed by atoms with Crippen molar-refractivity contribution in [1.82, 2.24) is 10.3 Å². The molecule has 1 atom stereocenters. The molecule has 1 saturated heterocycles. The predicted octanol–water partition coefficient (Wildman–Crippen LogP) is 2.28. The Balaban J connectivity index is 1.68. The Labute approximate surface area is 98.5 Å². The van der Waals surface area contributed by atoms with Gasteiger partial charge in [-0.1, -0.05) is 0 Å². The topological polar surface area (TPSA) is 34.1 Å². The molecule has 2 aromatic rings. The molecule has 84 valence electrons. The zero-order valence-corrected chi connectivity index (χ0v) is 9.80. The molecule has 4 heteroatoms. The number of rotatable bonds is 3. The van der Waals surface area contributed by atoms with Crippen LogP contribution in [-0.4, -0.2) is 24.7 Å². The Kier molecular flexibility index (Phi) is 2.76. The number of ether oxygens (including phenoxy) is 1. The Morgan fingerprint density at radius 2 is 2.50 bits per heavy atom. The first kappa shape index (κ1) is 10.1. The lowest BCUT2D eigenvalue weighted by Crippen LogP contribution is -2.15. The monoisotopic (exact) mass is 234 g/mol. The first-order valence-corrected chi connectivity index (χ1v) is 6.46.